The molecule has 5 nitrogen and oxygen atoms in total. The van der Waals surface area contributed by atoms with E-state index < -0.39 is 10.0 Å². The summed E-state index contributed by atoms with van der Waals surface area (Å²) in [4.78, 5) is 2.64. The average molecular weight is 312 g/mol. The van der Waals surface area contributed by atoms with Gasteiger partial charge in [-0.1, -0.05) is 12.1 Å². The largest absolute Gasteiger partial charge is 0.379 e. The predicted octanol–water partition coefficient (Wildman–Crippen LogP) is 1.26. The van der Waals surface area contributed by atoms with Crippen molar-refractivity contribution >= 4 is 10.0 Å². The molecule has 2 rings (SSSR count). The minimum absolute atomic E-state index is 0.409. The van der Waals surface area contributed by atoms with Crippen LogP contribution < -0.4 is 0 Å². The molecule has 1 saturated heterocycles. The molecule has 0 amide bonds. The number of aryl methyl sites for hydroxylation is 2. The predicted molar refractivity (Wildman–Crippen MR) is 83.0 cm³/mol. The van der Waals surface area contributed by atoms with Gasteiger partial charge in [0.1, 0.15) is 0 Å². The summed E-state index contributed by atoms with van der Waals surface area (Å²) in [6.07, 6.45) is 0. The molecule has 1 fully saturated rings. The number of rotatable bonds is 5. The van der Waals surface area contributed by atoms with Gasteiger partial charge in [0.2, 0.25) is 10.0 Å². The van der Waals surface area contributed by atoms with Gasteiger partial charge in [0.15, 0.2) is 0 Å². The van der Waals surface area contributed by atoms with Crippen LogP contribution in [-0.4, -0.2) is 64.1 Å². The van der Waals surface area contributed by atoms with Gasteiger partial charge in [0.25, 0.3) is 0 Å². The highest BCUT2D eigenvalue weighted by Crippen LogP contribution is 2.20. The molecule has 0 unspecified atom stereocenters. The first kappa shape index (κ1) is 16.4. The lowest BCUT2D eigenvalue weighted by Crippen LogP contribution is -2.42. The molecule has 118 valence electrons. The molecule has 0 aliphatic carbocycles. The van der Waals surface area contributed by atoms with Crippen molar-refractivity contribution in [3.8, 4) is 0 Å². The van der Waals surface area contributed by atoms with Crippen LogP contribution in [0.3, 0.4) is 0 Å². The fourth-order valence-corrected chi connectivity index (χ4v) is 3.85. The molecule has 0 saturated carbocycles. The summed E-state index contributed by atoms with van der Waals surface area (Å²) in [5.74, 6) is 0. The topological polar surface area (TPSA) is 49.9 Å². The quantitative estimate of drug-likeness (QED) is 0.821. The Morgan fingerprint density at radius 1 is 1.24 bits per heavy atom. The fraction of sp³-hybridized carbons (Fsp3) is 0.600. The summed E-state index contributed by atoms with van der Waals surface area (Å²) in [6, 6.07) is 5.54. The highest BCUT2D eigenvalue weighted by Gasteiger charge is 2.23. The van der Waals surface area contributed by atoms with Gasteiger partial charge < -0.3 is 4.74 Å². The van der Waals surface area contributed by atoms with Gasteiger partial charge >= 0.3 is 0 Å². The van der Waals surface area contributed by atoms with Crippen LogP contribution in [0.1, 0.15) is 11.1 Å². The second-order valence-corrected chi connectivity index (χ2v) is 7.56. The maximum Gasteiger partial charge on any atom is 0.243 e. The number of benzene rings is 1. The molecule has 1 aliphatic rings. The maximum atomic E-state index is 12.7. The van der Waals surface area contributed by atoms with Gasteiger partial charge in [-0.2, -0.15) is 4.31 Å². The molecule has 21 heavy (non-hydrogen) atoms. The van der Waals surface area contributed by atoms with Crippen LogP contribution in [0.2, 0.25) is 0 Å². The lowest BCUT2D eigenvalue weighted by Gasteiger charge is -2.28. The van der Waals surface area contributed by atoms with Crippen LogP contribution in [-0.2, 0) is 14.8 Å². The second-order valence-electron chi connectivity index (χ2n) is 5.55. The van der Waals surface area contributed by atoms with E-state index in [1.54, 1.807) is 13.1 Å². The normalized spacial score (nSPS) is 17.3. The third-order valence-electron chi connectivity index (χ3n) is 3.87. The maximum absolute atomic E-state index is 12.7. The first-order valence-corrected chi connectivity index (χ1v) is 8.69. The van der Waals surface area contributed by atoms with Crippen molar-refractivity contribution < 1.29 is 13.2 Å². The van der Waals surface area contributed by atoms with E-state index in [0.717, 1.165) is 44.0 Å². The number of hydrogen-bond acceptors (Lipinski definition) is 4. The Morgan fingerprint density at radius 3 is 2.57 bits per heavy atom. The van der Waals surface area contributed by atoms with E-state index in [9.17, 15) is 8.42 Å². The molecule has 0 atom stereocenters. The van der Waals surface area contributed by atoms with Crippen LogP contribution in [0.15, 0.2) is 23.1 Å². The molecule has 0 spiro atoms. The molecule has 1 aromatic carbocycles. The van der Waals surface area contributed by atoms with Crippen molar-refractivity contribution in [3.05, 3.63) is 29.3 Å². The first-order valence-electron chi connectivity index (χ1n) is 7.25. The Hall–Kier alpha value is -0.950. The van der Waals surface area contributed by atoms with Crippen molar-refractivity contribution in [2.45, 2.75) is 18.7 Å². The third-order valence-corrected chi connectivity index (χ3v) is 5.87. The number of likely N-dealkylation sites (N-methyl/N-ethyl adjacent to an activating group) is 1. The lowest BCUT2D eigenvalue weighted by molar-refractivity contribution is 0.0368. The smallest absolute Gasteiger partial charge is 0.243 e. The number of hydrogen-bond donors (Lipinski definition) is 0. The number of sulfonamides is 1. The lowest BCUT2D eigenvalue weighted by atomic mass is 10.2. The van der Waals surface area contributed by atoms with Gasteiger partial charge in [0.05, 0.1) is 18.1 Å². The van der Waals surface area contributed by atoms with Gasteiger partial charge in [-0.15, -0.1) is 0 Å². The van der Waals surface area contributed by atoms with Gasteiger partial charge in [-0.3, -0.25) is 4.90 Å². The first-order chi connectivity index (χ1) is 9.91. The molecule has 0 radical (unpaired) electrons. The summed E-state index contributed by atoms with van der Waals surface area (Å²) < 4.78 is 32.1. The highest BCUT2D eigenvalue weighted by atomic mass is 32.2. The molecule has 6 heteroatoms. The van der Waals surface area contributed by atoms with E-state index in [1.807, 2.05) is 26.0 Å². The average Bonchev–Trinajstić information content (AvgIpc) is 2.48. The summed E-state index contributed by atoms with van der Waals surface area (Å²) >= 11 is 0. The van der Waals surface area contributed by atoms with Crippen LogP contribution in [0.5, 0.6) is 0 Å². The van der Waals surface area contributed by atoms with Gasteiger partial charge in [0, 0.05) is 33.2 Å². The van der Waals surface area contributed by atoms with E-state index in [2.05, 4.69) is 4.90 Å². The van der Waals surface area contributed by atoms with E-state index in [0.29, 0.717) is 11.4 Å². The van der Waals surface area contributed by atoms with E-state index in [1.165, 1.54) is 4.31 Å². The Kier molecular flexibility index (Phi) is 5.37. The Balaban J connectivity index is 2.05. The Labute approximate surface area is 127 Å². The van der Waals surface area contributed by atoms with E-state index in [4.69, 9.17) is 4.74 Å². The highest BCUT2D eigenvalue weighted by molar-refractivity contribution is 7.89. The zero-order valence-electron chi connectivity index (χ0n) is 13.0. The standard InChI is InChI=1S/C15H24N2O3S/c1-13-4-5-14(2)15(12-13)21(18,19)16(3)6-7-17-8-10-20-11-9-17/h4-5,12H,6-11H2,1-3H3. The SMILES string of the molecule is Cc1ccc(C)c(S(=O)(=O)N(C)CCN2CCOCC2)c1. The van der Waals surface area contributed by atoms with Gasteiger partial charge in [-0.05, 0) is 31.0 Å². The third kappa shape index (κ3) is 4.03. The van der Waals surface area contributed by atoms with E-state index in [-0.39, 0.29) is 0 Å². The fourth-order valence-electron chi connectivity index (χ4n) is 2.38. The second kappa shape index (κ2) is 6.87. The van der Waals surface area contributed by atoms with E-state index >= 15 is 0 Å². The van der Waals surface area contributed by atoms with Crippen LogP contribution in [0.4, 0.5) is 0 Å². The Bertz CT molecular complexity index is 581. The Morgan fingerprint density at radius 2 is 1.90 bits per heavy atom. The van der Waals surface area contributed by atoms with Crippen molar-refractivity contribution in [3.63, 3.8) is 0 Å². The zero-order valence-corrected chi connectivity index (χ0v) is 13.8. The van der Waals surface area contributed by atoms with Crippen molar-refractivity contribution in [1.29, 1.82) is 0 Å². The van der Waals surface area contributed by atoms with Crippen molar-refractivity contribution in [1.82, 2.24) is 9.21 Å². The van der Waals surface area contributed by atoms with Crippen LogP contribution >= 0.6 is 0 Å². The number of nitrogens with zero attached hydrogens (tertiary/aromatic N) is 2. The van der Waals surface area contributed by atoms with Crippen molar-refractivity contribution in [2.75, 3.05) is 46.4 Å². The summed E-state index contributed by atoms with van der Waals surface area (Å²) in [6.45, 7) is 8.18. The monoisotopic (exact) mass is 312 g/mol. The molecule has 0 aromatic heterocycles. The molecule has 0 N–H and O–H groups in total. The molecule has 0 bridgehead atoms. The molecule has 1 aromatic rings. The summed E-state index contributed by atoms with van der Waals surface area (Å²) in [7, 11) is -1.77. The molecule has 1 aliphatic heterocycles. The minimum Gasteiger partial charge on any atom is -0.379 e. The minimum atomic E-state index is -3.42. The van der Waals surface area contributed by atoms with Crippen molar-refractivity contribution in [2.24, 2.45) is 0 Å². The molecule has 1 heterocycles. The van der Waals surface area contributed by atoms with Crippen LogP contribution in [0, 0.1) is 13.8 Å². The summed E-state index contributed by atoms with van der Waals surface area (Å²) in [5.41, 5.74) is 1.75. The molecular formula is C15H24N2O3S. The number of morpholine rings is 1. The van der Waals surface area contributed by atoms with Gasteiger partial charge in [-0.25, -0.2) is 8.42 Å². The number of ether oxygens (including phenoxy) is 1. The zero-order chi connectivity index (χ0) is 15.5. The summed E-state index contributed by atoms with van der Waals surface area (Å²) in [5, 5.41) is 0. The van der Waals surface area contributed by atoms with Crippen LogP contribution in [0.25, 0.3) is 0 Å². The molecular weight excluding hydrogens is 288 g/mol.